The largest absolute Gasteiger partial charge is 0.489 e. The fourth-order valence-electron chi connectivity index (χ4n) is 3.68. The lowest BCUT2D eigenvalue weighted by atomic mass is 10.1. The Morgan fingerprint density at radius 1 is 1.07 bits per heavy atom. The molecule has 1 aliphatic heterocycles. The van der Waals surface area contributed by atoms with E-state index < -0.39 is 0 Å². The van der Waals surface area contributed by atoms with Crippen molar-refractivity contribution in [2.24, 2.45) is 5.92 Å². The summed E-state index contributed by atoms with van der Waals surface area (Å²) in [6.45, 7) is 14.1. The molecule has 2 heterocycles. The van der Waals surface area contributed by atoms with Gasteiger partial charge in [-0.1, -0.05) is 38.1 Å². The topological polar surface area (TPSA) is 40.6 Å². The van der Waals surface area contributed by atoms with E-state index in [9.17, 15) is 0 Å². The number of rotatable bonds is 10. The second-order valence-electron chi connectivity index (χ2n) is 7.73. The number of para-hydroxylation sites is 1. The Hall–Kier alpha value is -1.95. The number of piperazine rings is 1. The third-order valence-electron chi connectivity index (χ3n) is 5.38. The van der Waals surface area contributed by atoms with Crippen LogP contribution in [0.1, 0.15) is 25.0 Å². The molecule has 5 heteroatoms. The second-order valence-corrected chi connectivity index (χ2v) is 7.73. The molecule has 1 aromatic heterocycles. The number of aromatic nitrogens is 1. The summed E-state index contributed by atoms with van der Waals surface area (Å²) in [5.74, 6) is 1.58. The van der Waals surface area contributed by atoms with Crippen LogP contribution >= 0.6 is 0 Å². The molecule has 0 spiro atoms. The lowest BCUT2D eigenvalue weighted by Crippen LogP contribution is -2.48. The smallest absolute Gasteiger partial charge is 0.124 e. The summed E-state index contributed by atoms with van der Waals surface area (Å²) in [7, 11) is 0. The molecule has 0 bridgehead atoms. The van der Waals surface area contributed by atoms with Crippen LogP contribution in [0, 0.1) is 5.92 Å². The molecule has 0 amide bonds. The molecule has 152 valence electrons. The molecule has 3 rings (SSSR count). The predicted octanol–water partition coefficient (Wildman–Crippen LogP) is 3.02. The first-order valence-electron chi connectivity index (χ1n) is 10.5. The zero-order valence-electron chi connectivity index (χ0n) is 17.3. The van der Waals surface area contributed by atoms with Gasteiger partial charge in [0.05, 0.1) is 0 Å². The maximum absolute atomic E-state index is 6.03. The number of hydrogen-bond acceptors (Lipinski definition) is 5. The molecule has 1 aromatic carbocycles. The molecular weight excluding hydrogens is 348 g/mol. The number of likely N-dealkylation sites (N-methyl/N-ethyl adjacent to an activating group) is 1. The normalized spacial score (nSPS) is 16.8. The summed E-state index contributed by atoms with van der Waals surface area (Å²) in [5, 5.41) is 3.62. The van der Waals surface area contributed by atoms with Gasteiger partial charge in [-0.3, -0.25) is 4.98 Å². The molecular formula is C23H34N4O. The minimum absolute atomic E-state index is 0.547. The van der Waals surface area contributed by atoms with Crippen LogP contribution in [0.25, 0.3) is 0 Å². The van der Waals surface area contributed by atoms with Crippen LogP contribution in [0.5, 0.6) is 5.75 Å². The highest BCUT2D eigenvalue weighted by molar-refractivity contribution is 5.33. The van der Waals surface area contributed by atoms with E-state index in [1.54, 1.807) is 6.20 Å². The molecule has 2 aromatic rings. The Morgan fingerprint density at radius 2 is 1.86 bits per heavy atom. The van der Waals surface area contributed by atoms with E-state index in [-0.39, 0.29) is 0 Å². The van der Waals surface area contributed by atoms with Crippen molar-refractivity contribution in [3.8, 4) is 5.75 Å². The van der Waals surface area contributed by atoms with E-state index >= 15 is 0 Å². The molecule has 0 saturated carbocycles. The average Bonchev–Trinajstić information content (AvgIpc) is 2.74. The maximum atomic E-state index is 6.03. The van der Waals surface area contributed by atoms with Gasteiger partial charge in [0.25, 0.3) is 0 Å². The SMILES string of the molecule is CCN1CCN(CC(C)CNCc2ccccc2OCc2cccnc2)CC1. The van der Waals surface area contributed by atoms with Gasteiger partial charge in [-0.15, -0.1) is 0 Å². The lowest BCUT2D eigenvalue weighted by molar-refractivity contribution is 0.124. The van der Waals surface area contributed by atoms with E-state index in [0.29, 0.717) is 12.5 Å². The number of nitrogens with zero attached hydrogens (tertiary/aromatic N) is 3. The first-order valence-corrected chi connectivity index (χ1v) is 10.5. The summed E-state index contributed by atoms with van der Waals surface area (Å²) < 4.78 is 6.03. The molecule has 28 heavy (non-hydrogen) atoms. The average molecular weight is 383 g/mol. The molecule has 5 nitrogen and oxygen atoms in total. The lowest BCUT2D eigenvalue weighted by Gasteiger charge is -2.35. The van der Waals surface area contributed by atoms with Gasteiger partial charge in [0.2, 0.25) is 0 Å². The van der Waals surface area contributed by atoms with E-state index in [1.165, 1.54) is 44.8 Å². The van der Waals surface area contributed by atoms with Crippen LogP contribution in [0.4, 0.5) is 0 Å². The van der Waals surface area contributed by atoms with Crippen LogP contribution < -0.4 is 10.1 Å². The highest BCUT2D eigenvalue weighted by Gasteiger charge is 2.17. The number of nitrogens with one attached hydrogen (secondary N) is 1. The van der Waals surface area contributed by atoms with Crippen LogP contribution in [0.15, 0.2) is 48.8 Å². The minimum Gasteiger partial charge on any atom is -0.489 e. The maximum Gasteiger partial charge on any atom is 0.124 e. The van der Waals surface area contributed by atoms with Crippen molar-refractivity contribution >= 4 is 0 Å². The van der Waals surface area contributed by atoms with E-state index in [0.717, 1.165) is 24.4 Å². The second kappa shape index (κ2) is 11.1. The highest BCUT2D eigenvalue weighted by atomic mass is 16.5. The first-order chi connectivity index (χ1) is 13.7. The molecule has 1 aliphatic rings. The van der Waals surface area contributed by atoms with Crippen molar-refractivity contribution in [2.45, 2.75) is 27.0 Å². The Kier molecular flexibility index (Phi) is 8.27. The van der Waals surface area contributed by atoms with Crippen LogP contribution in [0.2, 0.25) is 0 Å². The summed E-state index contributed by atoms with van der Waals surface area (Å²) in [5.41, 5.74) is 2.29. The van der Waals surface area contributed by atoms with Crippen LogP contribution in [-0.2, 0) is 13.2 Å². The van der Waals surface area contributed by atoms with Gasteiger partial charge >= 0.3 is 0 Å². The summed E-state index contributed by atoms with van der Waals surface area (Å²) in [4.78, 5) is 9.28. The van der Waals surface area contributed by atoms with Crippen LogP contribution in [0.3, 0.4) is 0 Å². The van der Waals surface area contributed by atoms with Gasteiger partial charge in [0, 0.05) is 62.8 Å². The summed E-state index contributed by atoms with van der Waals surface area (Å²) >= 11 is 0. The fourth-order valence-corrected chi connectivity index (χ4v) is 3.68. The Bertz CT molecular complexity index is 686. The van der Waals surface area contributed by atoms with Gasteiger partial charge < -0.3 is 19.9 Å². The van der Waals surface area contributed by atoms with Crippen molar-refractivity contribution in [1.82, 2.24) is 20.1 Å². The number of pyridine rings is 1. The minimum atomic E-state index is 0.547. The fraction of sp³-hybridized carbons (Fsp3) is 0.522. The predicted molar refractivity (Wildman–Crippen MR) is 114 cm³/mol. The third kappa shape index (κ3) is 6.59. The number of ether oxygens (including phenoxy) is 1. The highest BCUT2D eigenvalue weighted by Crippen LogP contribution is 2.19. The standard InChI is InChI=1S/C23H34N4O/c1-3-26-11-13-27(14-12-26)18-20(2)15-25-17-22-8-4-5-9-23(22)28-19-21-7-6-10-24-16-21/h4-10,16,20,25H,3,11-15,17-19H2,1-2H3. The Balaban J connectivity index is 1.41. The van der Waals surface area contributed by atoms with Crippen molar-refractivity contribution in [3.05, 3.63) is 59.9 Å². The zero-order chi connectivity index (χ0) is 19.6. The molecule has 1 saturated heterocycles. The molecule has 1 unspecified atom stereocenters. The van der Waals surface area contributed by atoms with E-state index in [2.05, 4.69) is 46.1 Å². The zero-order valence-corrected chi connectivity index (χ0v) is 17.3. The van der Waals surface area contributed by atoms with E-state index in [4.69, 9.17) is 4.74 Å². The van der Waals surface area contributed by atoms with E-state index in [1.807, 2.05) is 30.5 Å². The quantitative estimate of drug-likeness (QED) is 0.684. The van der Waals surface area contributed by atoms with Crippen molar-refractivity contribution < 1.29 is 4.74 Å². The Morgan fingerprint density at radius 3 is 2.61 bits per heavy atom. The molecule has 0 aliphatic carbocycles. The van der Waals surface area contributed by atoms with Gasteiger partial charge in [-0.05, 0) is 31.1 Å². The van der Waals surface area contributed by atoms with Gasteiger partial charge in [0.1, 0.15) is 12.4 Å². The molecule has 1 N–H and O–H groups in total. The van der Waals surface area contributed by atoms with Crippen molar-refractivity contribution in [1.29, 1.82) is 0 Å². The first kappa shape index (κ1) is 20.8. The summed E-state index contributed by atoms with van der Waals surface area (Å²) in [6, 6.07) is 12.3. The molecule has 1 atom stereocenters. The van der Waals surface area contributed by atoms with Crippen LogP contribution in [-0.4, -0.2) is 60.6 Å². The van der Waals surface area contributed by atoms with Crippen molar-refractivity contribution in [2.75, 3.05) is 45.8 Å². The van der Waals surface area contributed by atoms with Gasteiger partial charge in [0.15, 0.2) is 0 Å². The Labute approximate surface area is 169 Å². The monoisotopic (exact) mass is 382 g/mol. The van der Waals surface area contributed by atoms with Gasteiger partial charge in [-0.25, -0.2) is 0 Å². The van der Waals surface area contributed by atoms with Gasteiger partial charge in [-0.2, -0.15) is 0 Å². The molecule has 0 radical (unpaired) electrons. The third-order valence-corrected chi connectivity index (χ3v) is 5.38. The van der Waals surface area contributed by atoms with Crippen molar-refractivity contribution in [3.63, 3.8) is 0 Å². The number of benzene rings is 1. The summed E-state index contributed by atoms with van der Waals surface area (Å²) in [6.07, 6.45) is 3.63. The number of hydrogen-bond donors (Lipinski definition) is 1. The molecule has 1 fully saturated rings.